The summed E-state index contributed by atoms with van der Waals surface area (Å²) >= 11 is 8.57. The quantitative estimate of drug-likeness (QED) is 0.611. The molecule has 1 aromatic heterocycles. The van der Waals surface area contributed by atoms with Crippen molar-refractivity contribution in [3.8, 4) is 11.3 Å². The molecule has 6 nitrogen and oxygen atoms in total. The summed E-state index contributed by atoms with van der Waals surface area (Å²) in [6.07, 6.45) is 3.12. The third-order valence-corrected chi connectivity index (χ3v) is 6.90. The van der Waals surface area contributed by atoms with Gasteiger partial charge in [0, 0.05) is 44.9 Å². The van der Waals surface area contributed by atoms with Gasteiger partial charge in [0.2, 0.25) is 16.0 Å². The Morgan fingerprint density at radius 2 is 2.07 bits per heavy atom. The second-order valence-corrected chi connectivity index (χ2v) is 9.64. The minimum absolute atomic E-state index is 0.0933. The van der Waals surface area contributed by atoms with E-state index < -0.39 is 10.0 Å². The maximum absolute atomic E-state index is 11.6. The van der Waals surface area contributed by atoms with Crippen molar-refractivity contribution in [3.05, 3.63) is 50.5 Å². The van der Waals surface area contributed by atoms with E-state index in [1.807, 2.05) is 25.1 Å². The fraction of sp³-hybridized carbons (Fsp3) is 0.333. The first-order valence-electron chi connectivity index (χ1n) is 8.48. The van der Waals surface area contributed by atoms with E-state index >= 15 is 0 Å². The second-order valence-electron chi connectivity index (χ2n) is 6.41. The molecule has 0 saturated carbocycles. The maximum Gasteiger partial charge on any atom is 0.233 e. The molecule has 1 aliphatic rings. The van der Waals surface area contributed by atoms with Gasteiger partial charge in [0.1, 0.15) is 0 Å². The number of piperidine rings is 1. The van der Waals surface area contributed by atoms with Gasteiger partial charge >= 0.3 is 0 Å². The molecule has 9 heteroatoms. The summed E-state index contributed by atoms with van der Waals surface area (Å²) < 4.78 is 27.0. The molecule has 3 rings (SSSR count). The van der Waals surface area contributed by atoms with E-state index in [2.05, 4.69) is 43.8 Å². The molecular weight excluding hydrogens is 499 g/mol. The zero-order valence-electron chi connectivity index (χ0n) is 14.8. The van der Waals surface area contributed by atoms with E-state index in [1.54, 1.807) is 6.20 Å². The predicted octanol–water partition coefficient (Wildman–Crippen LogP) is 3.74. The molecule has 27 heavy (non-hydrogen) atoms. The summed E-state index contributed by atoms with van der Waals surface area (Å²) in [5.41, 5.74) is 2.83. The Hall–Kier alpha value is -1.23. The van der Waals surface area contributed by atoms with Gasteiger partial charge in [-0.1, -0.05) is 18.2 Å². The van der Waals surface area contributed by atoms with E-state index in [0.717, 1.165) is 25.8 Å². The molecule has 1 fully saturated rings. The molecule has 2 heterocycles. The first kappa shape index (κ1) is 20.5. The predicted molar refractivity (Wildman–Crippen MR) is 117 cm³/mol. The van der Waals surface area contributed by atoms with Crippen molar-refractivity contribution >= 4 is 50.2 Å². The highest BCUT2D eigenvalue weighted by molar-refractivity contribution is 14.1. The first-order valence-corrected chi connectivity index (χ1v) is 11.5. The Morgan fingerprint density at radius 3 is 2.74 bits per heavy atom. The lowest BCUT2D eigenvalue weighted by Gasteiger charge is -2.32. The Balaban J connectivity index is 1.76. The Bertz CT molecular complexity index is 960. The van der Waals surface area contributed by atoms with E-state index in [9.17, 15) is 8.42 Å². The van der Waals surface area contributed by atoms with E-state index in [1.165, 1.54) is 0 Å². The van der Waals surface area contributed by atoms with Crippen molar-refractivity contribution in [2.24, 2.45) is 0 Å². The Morgan fingerprint density at radius 1 is 1.37 bits per heavy atom. The van der Waals surface area contributed by atoms with Crippen LogP contribution in [0.2, 0.25) is 5.02 Å². The lowest BCUT2D eigenvalue weighted by Crippen LogP contribution is -2.44. The molecule has 1 saturated heterocycles. The topological polar surface area (TPSA) is 75.2 Å². The van der Waals surface area contributed by atoms with Crippen molar-refractivity contribution in [2.75, 3.05) is 18.0 Å². The average molecular weight is 519 g/mol. The minimum atomic E-state index is -3.41. The lowest BCUT2D eigenvalue weighted by molar-refractivity contribution is 0.459. The second kappa shape index (κ2) is 8.42. The number of aromatic nitrogens is 2. The third-order valence-electron chi connectivity index (χ3n) is 4.50. The molecule has 0 radical (unpaired) electrons. The fourth-order valence-corrected chi connectivity index (χ4v) is 4.83. The van der Waals surface area contributed by atoms with Gasteiger partial charge in [-0.2, -0.15) is 0 Å². The molecule has 0 unspecified atom stereocenters. The highest BCUT2D eigenvalue weighted by Crippen LogP contribution is 2.30. The molecule has 0 spiro atoms. The average Bonchev–Trinajstić information content (AvgIpc) is 2.65. The van der Waals surface area contributed by atoms with E-state index in [4.69, 9.17) is 16.6 Å². The summed E-state index contributed by atoms with van der Waals surface area (Å²) in [5.74, 6) is 0.644. The number of anilines is 1. The molecular formula is C18H20ClIN4O2S. The van der Waals surface area contributed by atoms with Crippen LogP contribution in [-0.2, 0) is 10.0 Å². The first-order chi connectivity index (χ1) is 12.8. The summed E-state index contributed by atoms with van der Waals surface area (Å²) in [5, 5.41) is 1.65. The highest BCUT2D eigenvalue weighted by atomic mass is 127. The van der Waals surface area contributed by atoms with Crippen LogP contribution in [0.1, 0.15) is 18.4 Å². The van der Waals surface area contributed by atoms with Crippen molar-refractivity contribution in [3.63, 3.8) is 0 Å². The van der Waals surface area contributed by atoms with Crippen LogP contribution in [0, 0.1) is 10.5 Å². The highest BCUT2D eigenvalue weighted by Gasteiger charge is 2.24. The van der Waals surface area contributed by atoms with Gasteiger partial charge in [-0.25, -0.2) is 23.1 Å². The van der Waals surface area contributed by atoms with Crippen LogP contribution in [-0.4, -0.2) is 37.5 Å². The van der Waals surface area contributed by atoms with Crippen molar-refractivity contribution in [2.45, 2.75) is 25.8 Å². The zero-order chi connectivity index (χ0) is 19.6. The number of benzene rings is 1. The van der Waals surface area contributed by atoms with Crippen LogP contribution in [0.15, 0.2) is 36.4 Å². The summed E-state index contributed by atoms with van der Waals surface area (Å²) in [6, 6.07) is 5.75. The summed E-state index contributed by atoms with van der Waals surface area (Å²) in [4.78, 5) is 11.2. The standard InChI is InChI=1S/C18H20ClIN4O2S/c1-3-27(25,26)23-13-5-8-24(9-6-13)18-21-7-4-17(22-18)14-11-15(19)12(2)10-16(14)20/h3-4,7,10-11,13,23H,1,5-6,8-9H2,2H3. The van der Waals surface area contributed by atoms with Gasteiger partial charge in [-0.15, -0.1) is 0 Å². The number of sulfonamides is 1. The zero-order valence-corrected chi connectivity index (χ0v) is 18.6. The van der Waals surface area contributed by atoms with Crippen LogP contribution in [0.5, 0.6) is 0 Å². The summed E-state index contributed by atoms with van der Waals surface area (Å²) in [6.45, 7) is 6.66. The van der Waals surface area contributed by atoms with Gasteiger partial charge in [0.05, 0.1) is 5.69 Å². The van der Waals surface area contributed by atoms with Crippen LogP contribution in [0.4, 0.5) is 5.95 Å². The number of aryl methyl sites for hydroxylation is 1. The minimum Gasteiger partial charge on any atom is -0.341 e. The van der Waals surface area contributed by atoms with Crippen LogP contribution in [0.25, 0.3) is 11.3 Å². The molecule has 0 bridgehead atoms. The molecule has 0 amide bonds. The van der Waals surface area contributed by atoms with Crippen LogP contribution in [0.3, 0.4) is 0 Å². The normalized spacial score (nSPS) is 15.7. The largest absolute Gasteiger partial charge is 0.341 e. The van der Waals surface area contributed by atoms with Gasteiger partial charge in [-0.05, 0) is 66.1 Å². The van der Waals surface area contributed by atoms with Crippen molar-refractivity contribution in [1.82, 2.24) is 14.7 Å². The smallest absolute Gasteiger partial charge is 0.233 e. The Labute approximate surface area is 178 Å². The lowest BCUT2D eigenvalue weighted by atomic mass is 10.1. The number of rotatable bonds is 5. The number of hydrogen-bond acceptors (Lipinski definition) is 5. The number of halogens is 2. The SMILES string of the molecule is C=CS(=O)(=O)NC1CCN(c2nccc(-c3cc(Cl)c(C)cc3I)n2)CC1. The van der Waals surface area contributed by atoms with Gasteiger partial charge in [0.25, 0.3) is 0 Å². The molecule has 1 N–H and O–H groups in total. The van der Waals surface area contributed by atoms with Gasteiger partial charge in [-0.3, -0.25) is 0 Å². The monoisotopic (exact) mass is 518 g/mol. The molecule has 2 aromatic rings. The maximum atomic E-state index is 11.6. The van der Waals surface area contributed by atoms with Gasteiger partial charge in [0.15, 0.2) is 0 Å². The molecule has 144 valence electrons. The molecule has 1 aliphatic heterocycles. The van der Waals surface area contributed by atoms with E-state index in [-0.39, 0.29) is 6.04 Å². The third kappa shape index (κ3) is 4.98. The molecule has 0 aliphatic carbocycles. The fourth-order valence-electron chi connectivity index (χ4n) is 2.97. The van der Waals surface area contributed by atoms with E-state index in [0.29, 0.717) is 36.9 Å². The van der Waals surface area contributed by atoms with Crippen molar-refractivity contribution < 1.29 is 8.42 Å². The number of nitrogens with one attached hydrogen (secondary N) is 1. The Kier molecular flexibility index (Phi) is 6.39. The number of nitrogens with zero attached hydrogens (tertiary/aromatic N) is 3. The van der Waals surface area contributed by atoms with Crippen molar-refractivity contribution in [1.29, 1.82) is 0 Å². The van der Waals surface area contributed by atoms with Crippen LogP contribution < -0.4 is 9.62 Å². The molecule has 0 atom stereocenters. The van der Waals surface area contributed by atoms with Gasteiger partial charge < -0.3 is 4.90 Å². The molecule has 1 aromatic carbocycles. The number of hydrogen-bond donors (Lipinski definition) is 1. The van der Waals surface area contributed by atoms with Crippen LogP contribution >= 0.6 is 34.2 Å². The summed E-state index contributed by atoms with van der Waals surface area (Å²) in [7, 11) is -3.41.